The first kappa shape index (κ1) is 17.5. The highest BCUT2D eigenvalue weighted by Crippen LogP contribution is 2.46. The van der Waals surface area contributed by atoms with Crippen LogP contribution in [0.15, 0.2) is 48.5 Å². The molecule has 5 nitrogen and oxygen atoms in total. The maximum atomic E-state index is 14.0. The molecule has 0 bridgehead atoms. The van der Waals surface area contributed by atoms with Gasteiger partial charge in [0.1, 0.15) is 5.82 Å². The minimum atomic E-state index is -4.49. The highest BCUT2D eigenvalue weighted by atomic mass is 19.4. The molecule has 1 aromatic heterocycles. The van der Waals surface area contributed by atoms with Crippen LogP contribution in [0.2, 0.25) is 0 Å². The van der Waals surface area contributed by atoms with Crippen LogP contribution in [0.1, 0.15) is 10.4 Å². The Balaban J connectivity index is 1.93. The van der Waals surface area contributed by atoms with Gasteiger partial charge in [-0.2, -0.15) is 13.2 Å². The standard InChI is InChI=1S/C19H16F3N3O2/c1-23-17(26)13-8-6-12(7-9-13)16-24-14-4-2-3-5-15(14)25(16)18(10-27-11-18)19(20,21)22/h2-9H,10-11H2,1H3,(H,23,26). The number of benzene rings is 2. The first-order valence-corrected chi connectivity index (χ1v) is 8.32. The summed E-state index contributed by atoms with van der Waals surface area (Å²) in [6, 6.07) is 13.1. The highest BCUT2D eigenvalue weighted by Gasteiger charge is 2.62. The van der Waals surface area contributed by atoms with Gasteiger partial charge in [0.15, 0.2) is 5.54 Å². The average molecular weight is 375 g/mol. The number of aromatic nitrogens is 2. The SMILES string of the molecule is CNC(=O)c1ccc(-c2nc3ccccc3n2C2(C(F)(F)F)COC2)cc1. The lowest BCUT2D eigenvalue weighted by Crippen LogP contribution is -2.61. The zero-order valence-corrected chi connectivity index (χ0v) is 14.4. The lowest BCUT2D eigenvalue weighted by Gasteiger charge is -2.44. The van der Waals surface area contributed by atoms with Gasteiger partial charge >= 0.3 is 6.18 Å². The van der Waals surface area contributed by atoms with Crippen LogP contribution in [0.25, 0.3) is 22.4 Å². The normalized spacial score (nSPS) is 16.1. The predicted octanol–water partition coefficient (Wildman–Crippen LogP) is 3.35. The summed E-state index contributed by atoms with van der Waals surface area (Å²) in [7, 11) is 1.51. The van der Waals surface area contributed by atoms with Gasteiger partial charge in [0, 0.05) is 18.2 Å². The van der Waals surface area contributed by atoms with E-state index in [2.05, 4.69) is 10.3 Å². The fourth-order valence-electron chi connectivity index (χ4n) is 3.28. The fraction of sp³-hybridized carbons (Fsp3) is 0.263. The molecule has 0 atom stereocenters. The molecule has 1 aliphatic rings. The molecule has 27 heavy (non-hydrogen) atoms. The molecule has 2 heterocycles. The van der Waals surface area contributed by atoms with Crippen LogP contribution in [0, 0.1) is 0 Å². The van der Waals surface area contributed by atoms with Crippen LogP contribution in [0.3, 0.4) is 0 Å². The predicted molar refractivity (Wildman–Crippen MR) is 93.4 cm³/mol. The lowest BCUT2D eigenvalue weighted by molar-refractivity contribution is -0.288. The number of hydrogen-bond acceptors (Lipinski definition) is 3. The van der Waals surface area contributed by atoms with Crippen molar-refractivity contribution >= 4 is 16.9 Å². The number of alkyl halides is 3. The summed E-state index contributed by atoms with van der Waals surface area (Å²) in [6.45, 7) is -0.916. The topological polar surface area (TPSA) is 56.2 Å². The van der Waals surface area contributed by atoms with Crippen LogP contribution in [-0.2, 0) is 10.3 Å². The number of ether oxygens (including phenoxy) is 1. The van der Waals surface area contributed by atoms with Crippen molar-refractivity contribution in [2.45, 2.75) is 11.7 Å². The molecule has 0 aliphatic carbocycles. The number of nitrogens with one attached hydrogen (secondary N) is 1. The van der Waals surface area contributed by atoms with Crippen LogP contribution in [0.5, 0.6) is 0 Å². The third-order valence-electron chi connectivity index (χ3n) is 4.83. The summed E-state index contributed by atoms with van der Waals surface area (Å²) in [5, 5.41) is 2.51. The van der Waals surface area contributed by atoms with E-state index in [1.807, 2.05) is 0 Å². The van der Waals surface area contributed by atoms with Crippen LogP contribution < -0.4 is 5.32 Å². The maximum absolute atomic E-state index is 14.0. The molecule has 140 valence electrons. The Labute approximate surface area is 152 Å². The van der Waals surface area contributed by atoms with Gasteiger partial charge < -0.3 is 14.6 Å². The van der Waals surface area contributed by atoms with Crippen molar-refractivity contribution < 1.29 is 22.7 Å². The van der Waals surface area contributed by atoms with Gasteiger partial charge in [-0.05, 0) is 24.3 Å². The summed E-state index contributed by atoms with van der Waals surface area (Å²) in [6.07, 6.45) is -4.49. The van der Waals surface area contributed by atoms with Crippen molar-refractivity contribution in [2.75, 3.05) is 20.3 Å². The van der Waals surface area contributed by atoms with Gasteiger partial charge in [0.25, 0.3) is 5.91 Å². The summed E-state index contributed by atoms with van der Waals surface area (Å²) in [5.74, 6) is -0.0745. The van der Waals surface area contributed by atoms with Gasteiger partial charge in [0.05, 0.1) is 24.2 Å². The Bertz CT molecular complexity index is 1010. The molecule has 0 saturated carbocycles. The molecular formula is C19H16F3N3O2. The number of hydrogen-bond donors (Lipinski definition) is 1. The van der Waals surface area contributed by atoms with E-state index in [0.717, 1.165) is 0 Å². The van der Waals surface area contributed by atoms with Crippen molar-refractivity contribution in [3.8, 4) is 11.4 Å². The van der Waals surface area contributed by atoms with E-state index in [0.29, 0.717) is 22.2 Å². The van der Waals surface area contributed by atoms with Crippen molar-refractivity contribution in [3.05, 3.63) is 54.1 Å². The molecule has 0 unspecified atom stereocenters. The maximum Gasteiger partial charge on any atom is 0.416 e. The van der Waals surface area contributed by atoms with Crippen LogP contribution in [0.4, 0.5) is 13.2 Å². The molecule has 1 fully saturated rings. The number of nitrogens with zero attached hydrogens (tertiary/aromatic N) is 2. The molecule has 4 rings (SSSR count). The Morgan fingerprint density at radius 3 is 2.37 bits per heavy atom. The second-order valence-electron chi connectivity index (χ2n) is 6.44. The average Bonchev–Trinajstić information content (AvgIpc) is 2.99. The molecule has 1 aliphatic heterocycles. The summed E-state index contributed by atoms with van der Waals surface area (Å²) < 4.78 is 48.1. The van der Waals surface area contributed by atoms with Crippen molar-refractivity contribution in [3.63, 3.8) is 0 Å². The number of halogens is 3. The minimum Gasteiger partial charge on any atom is -0.376 e. The first-order chi connectivity index (χ1) is 12.9. The Hall–Kier alpha value is -2.87. The van der Waals surface area contributed by atoms with Gasteiger partial charge in [-0.25, -0.2) is 4.98 Å². The van der Waals surface area contributed by atoms with Crippen molar-refractivity contribution in [1.82, 2.24) is 14.9 Å². The zero-order chi connectivity index (χ0) is 19.2. The van der Waals surface area contributed by atoms with E-state index in [4.69, 9.17) is 4.74 Å². The van der Waals surface area contributed by atoms with E-state index in [1.165, 1.54) is 11.6 Å². The Morgan fingerprint density at radius 2 is 1.81 bits per heavy atom. The van der Waals surface area contributed by atoms with Gasteiger partial charge in [-0.1, -0.05) is 24.3 Å². The summed E-state index contributed by atoms with van der Waals surface area (Å²) >= 11 is 0. The highest BCUT2D eigenvalue weighted by molar-refractivity contribution is 5.94. The second-order valence-corrected chi connectivity index (χ2v) is 6.44. The fourth-order valence-corrected chi connectivity index (χ4v) is 3.28. The second kappa shape index (κ2) is 6.09. The minimum absolute atomic E-state index is 0.195. The van der Waals surface area contributed by atoms with Crippen LogP contribution in [-0.4, -0.2) is 41.9 Å². The number of para-hydroxylation sites is 2. The third kappa shape index (κ3) is 2.59. The number of imidazole rings is 1. The Morgan fingerprint density at radius 1 is 1.15 bits per heavy atom. The Kier molecular flexibility index (Phi) is 3.96. The molecule has 1 N–H and O–H groups in total. The van der Waals surface area contributed by atoms with Gasteiger partial charge in [-0.15, -0.1) is 0 Å². The molecule has 3 aromatic rings. The molecular weight excluding hydrogens is 359 g/mol. The van der Waals surface area contributed by atoms with Crippen molar-refractivity contribution in [1.29, 1.82) is 0 Å². The molecule has 2 aromatic carbocycles. The lowest BCUT2D eigenvalue weighted by atomic mass is 9.95. The molecule has 0 spiro atoms. The number of fused-ring (bicyclic) bond motifs is 1. The van der Waals surface area contributed by atoms with E-state index in [1.54, 1.807) is 48.5 Å². The van der Waals surface area contributed by atoms with E-state index >= 15 is 0 Å². The van der Waals surface area contributed by atoms with E-state index < -0.39 is 24.9 Å². The van der Waals surface area contributed by atoms with Crippen molar-refractivity contribution in [2.24, 2.45) is 0 Å². The summed E-state index contributed by atoms with van der Waals surface area (Å²) in [4.78, 5) is 16.2. The third-order valence-corrected chi connectivity index (χ3v) is 4.83. The quantitative estimate of drug-likeness (QED) is 0.764. The smallest absolute Gasteiger partial charge is 0.376 e. The summed E-state index contributed by atoms with van der Waals surface area (Å²) in [5.41, 5.74) is -0.379. The number of amides is 1. The molecule has 1 saturated heterocycles. The zero-order valence-electron chi connectivity index (χ0n) is 14.4. The van der Waals surface area contributed by atoms with Crippen LogP contribution >= 0.6 is 0 Å². The van der Waals surface area contributed by atoms with E-state index in [-0.39, 0.29) is 11.7 Å². The molecule has 0 radical (unpaired) electrons. The monoisotopic (exact) mass is 375 g/mol. The largest absolute Gasteiger partial charge is 0.416 e. The first-order valence-electron chi connectivity index (χ1n) is 8.32. The van der Waals surface area contributed by atoms with Gasteiger partial charge in [-0.3, -0.25) is 4.79 Å². The molecule has 1 amide bonds. The van der Waals surface area contributed by atoms with Gasteiger partial charge in [0.2, 0.25) is 0 Å². The molecule has 8 heteroatoms. The number of carbonyl (C=O) groups excluding carboxylic acids is 1. The van der Waals surface area contributed by atoms with E-state index in [9.17, 15) is 18.0 Å². The number of carbonyl (C=O) groups is 1. The number of rotatable bonds is 3.